The summed E-state index contributed by atoms with van der Waals surface area (Å²) in [5.41, 5.74) is 0. The van der Waals surface area contributed by atoms with Gasteiger partial charge in [0, 0.05) is 25.6 Å². The fourth-order valence-electron chi connectivity index (χ4n) is 2.42. The van der Waals surface area contributed by atoms with Crippen molar-refractivity contribution in [1.82, 2.24) is 25.4 Å². The number of thioether (sulfide) groups is 1. The number of fused-ring (bicyclic) bond motifs is 1. The molecule has 22 heavy (non-hydrogen) atoms. The van der Waals surface area contributed by atoms with Crippen LogP contribution in [0.3, 0.4) is 0 Å². The SMILES string of the molecule is CCNC(=NCCCCSC)NC1CCc2ncnn2C1.I. The summed E-state index contributed by atoms with van der Waals surface area (Å²) in [5.74, 6) is 3.24. The lowest BCUT2D eigenvalue weighted by atomic mass is 10.1. The second kappa shape index (κ2) is 11.1. The van der Waals surface area contributed by atoms with Crippen LogP contribution in [0.1, 0.15) is 32.0 Å². The van der Waals surface area contributed by atoms with Crippen LogP contribution in [0, 0.1) is 0 Å². The van der Waals surface area contributed by atoms with Crippen molar-refractivity contribution in [3.63, 3.8) is 0 Å². The van der Waals surface area contributed by atoms with Crippen molar-refractivity contribution < 1.29 is 0 Å². The minimum Gasteiger partial charge on any atom is -0.357 e. The van der Waals surface area contributed by atoms with Gasteiger partial charge in [0.2, 0.25) is 0 Å². The number of nitrogens with zero attached hydrogens (tertiary/aromatic N) is 4. The monoisotopic (exact) mass is 438 g/mol. The van der Waals surface area contributed by atoms with Crippen LogP contribution in [-0.2, 0) is 13.0 Å². The van der Waals surface area contributed by atoms with E-state index in [2.05, 4.69) is 38.9 Å². The van der Waals surface area contributed by atoms with Crippen molar-refractivity contribution >= 4 is 41.7 Å². The van der Waals surface area contributed by atoms with Crippen molar-refractivity contribution in [2.45, 2.75) is 45.2 Å². The number of unbranched alkanes of at least 4 members (excludes halogenated alkanes) is 1. The highest BCUT2D eigenvalue weighted by Crippen LogP contribution is 2.11. The summed E-state index contributed by atoms with van der Waals surface area (Å²) < 4.78 is 1.99. The summed E-state index contributed by atoms with van der Waals surface area (Å²) in [5, 5.41) is 11.1. The van der Waals surface area contributed by atoms with Gasteiger partial charge in [-0.2, -0.15) is 16.9 Å². The molecule has 126 valence electrons. The molecule has 0 amide bonds. The Bertz CT molecular complexity index is 450. The smallest absolute Gasteiger partial charge is 0.191 e. The highest BCUT2D eigenvalue weighted by molar-refractivity contribution is 14.0. The summed E-state index contributed by atoms with van der Waals surface area (Å²) in [4.78, 5) is 8.92. The molecule has 2 heterocycles. The first-order valence-electron chi connectivity index (χ1n) is 7.74. The zero-order chi connectivity index (χ0) is 14.9. The predicted octanol–water partition coefficient (Wildman–Crippen LogP) is 1.91. The average Bonchev–Trinajstić information content (AvgIpc) is 2.94. The molecule has 0 bridgehead atoms. The lowest BCUT2D eigenvalue weighted by molar-refractivity contribution is 0.392. The number of rotatable bonds is 7. The number of hydrogen-bond donors (Lipinski definition) is 2. The molecule has 0 aromatic carbocycles. The normalized spacial score (nSPS) is 17.5. The number of hydrogen-bond acceptors (Lipinski definition) is 4. The molecule has 1 unspecified atom stereocenters. The van der Waals surface area contributed by atoms with Gasteiger partial charge in [0.1, 0.15) is 12.2 Å². The quantitative estimate of drug-likeness (QED) is 0.295. The molecule has 1 aromatic rings. The maximum atomic E-state index is 4.66. The second-order valence-corrected chi connectivity index (χ2v) is 6.18. The summed E-state index contributed by atoms with van der Waals surface area (Å²) in [6.45, 7) is 4.74. The first-order valence-corrected chi connectivity index (χ1v) is 9.13. The Kier molecular flexibility index (Phi) is 9.85. The Labute approximate surface area is 154 Å². The molecule has 8 heteroatoms. The van der Waals surface area contributed by atoms with Crippen molar-refractivity contribution in [3.05, 3.63) is 12.2 Å². The standard InChI is InChI=1S/C14H26N6S.HI/c1-3-15-14(16-8-4-5-9-21-2)19-12-6-7-13-17-11-18-20(13)10-12;/h11-12H,3-10H2,1-2H3,(H2,15,16,19);1H. The van der Waals surface area contributed by atoms with Crippen LogP contribution in [-0.4, -0.2) is 51.9 Å². The van der Waals surface area contributed by atoms with Crippen LogP contribution in [0.4, 0.5) is 0 Å². The van der Waals surface area contributed by atoms with E-state index in [1.807, 2.05) is 16.4 Å². The van der Waals surface area contributed by atoms with Crippen LogP contribution >= 0.6 is 35.7 Å². The molecule has 2 N–H and O–H groups in total. The molecule has 0 spiro atoms. The van der Waals surface area contributed by atoms with Crippen LogP contribution in [0.15, 0.2) is 11.3 Å². The van der Waals surface area contributed by atoms with E-state index in [0.29, 0.717) is 6.04 Å². The molecular formula is C14H27IN6S. The Morgan fingerprint density at radius 3 is 3.14 bits per heavy atom. The van der Waals surface area contributed by atoms with Gasteiger partial charge in [-0.1, -0.05) is 0 Å². The summed E-state index contributed by atoms with van der Waals surface area (Å²) in [7, 11) is 0. The minimum atomic E-state index is 0. The number of nitrogens with one attached hydrogen (secondary N) is 2. The van der Waals surface area contributed by atoms with E-state index in [0.717, 1.165) is 50.7 Å². The molecule has 1 aliphatic heterocycles. The van der Waals surface area contributed by atoms with E-state index in [1.54, 1.807) is 6.33 Å². The maximum Gasteiger partial charge on any atom is 0.191 e. The summed E-state index contributed by atoms with van der Waals surface area (Å²) >= 11 is 1.90. The van der Waals surface area contributed by atoms with E-state index in [-0.39, 0.29) is 24.0 Å². The van der Waals surface area contributed by atoms with E-state index in [9.17, 15) is 0 Å². The second-order valence-electron chi connectivity index (χ2n) is 5.20. The van der Waals surface area contributed by atoms with Gasteiger partial charge in [0.25, 0.3) is 0 Å². The van der Waals surface area contributed by atoms with Gasteiger partial charge in [-0.3, -0.25) is 4.99 Å². The van der Waals surface area contributed by atoms with E-state index in [4.69, 9.17) is 0 Å². The molecular weight excluding hydrogens is 411 g/mol. The number of halogens is 1. The fourth-order valence-corrected chi connectivity index (χ4v) is 2.91. The van der Waals surface area contributed by atoms with Crippen LogP contribution in [0.5, 0.6) is 0 Å². The van der Waals surface area contributed by atoms with Gasteiger partial charge in [-0.25, -0.2) is 9.67 Å². The molecule has 0 saturated heterocycles. The fraction of sp³-hybridized carbons (Fsp3) is 0.786. The molecule has 1 aliphatic rings. The number of guanidine groups is 1. The highest BCUT2D eigenvalue weighted by atomic mass is 127. The first kappa shape index (κ1) is 19.5. The van der Waals surface area contributed by atoms with Gasteiger partial charge in [0.05, 0.1) is 6.54 Å². The molecule has 0 aliphatic carbocycles. The minimum absolute atomic E-state index is 0. The van der Waals surface area contributed by atoms with E-state index < -0.39 is 0 Å². The maximum absolute atomic E-state index is 4.66. The largest absolute Gasteiger partial charge is 0.357 e. The Hall–Kier alpha value is -0.510. The van der Waals surface area contributed by atoms with Crippen molar-refractivity contribution in [3.8, 4) is 0 Å². The lowest BCUT2D eigenvalue weighted by Crippen LogP contribution is -2.47. The molecule has 6 nitrogen and oxygen atoms in total. The van der Waals surface area contributed by atoms with Gasteiger partial charge in [0.15, 0.2) is 5.96 Å². The Morgan fingerprint density at radius 1 is 1.50 bits per heavy atom. The number of aryl methyl sites for hydroxylation is 1. The topological polar surface area (TPSA) is 67.1 Å². The van der Waals surface area contributed by atoms with Crippen molar-refractivity contribution in [2.75, 3.05) is 25.1 Å². The Balaban J connectivity index is 0.00000242. The van der Waals surface area contributed by atoms with Gasteiger partial charge in [-0.15, -0.1) is 24.0 Å². The van der Waals surface area contributed by atoms with Crippen molar-refractivity contribution in [2.24, 2.45) is 4.99 Å². The molecule has 0 radical (unpaired) electrons. The first-order chi connectivity index (χ1) is 10.3. The van der Waals surface area contributed by atoms with E-state index >= 15 is 0 Å². The molecule has 0 fully saturated rings. The van der Waals surface area contributed by atoms with Gasteiger partial charge in [-0.05, 0) is 38.2 Å². The Morgan fingerprint density at radius 2 is 2.36 bits per heavy atom. The lowest BCUT2D eigenvalue weighted by Gasteiger charge is -2.25. The zero-order valence-corrected chi connectivity index (χ0v) is 16.6. The zero-order valence-electron chi connectivity index (χ0n) is 13.4. The van der Waals surface area contributed by atoms with Crippen LogP contribution in [0.25, 0.3) is 0 Å². The number of aromatic nitrogens is 3. The van der Waals surface area contributed by atoms with Gasteiger partial charge >= 0.3 is 0 Å². The van der Waals surface area contributed by atoms with E-state index in [1.165, 1.54) is 12.2 Å². The highest BCUT2D eigenvalue weighted by Gasteiger charge is 2.20. The molecule has 2 rings (SSSR count). The third-order valence-electron chi connectivity index (χ3n) is 3.52. The average molecular weight is 438 g/mol. The summed E-state index contributed by atoms with van der Waals surface area (Å²) in [6, 6.07) is 0.378. The molecule has 0 saturated carbocycles. The molecule has 1 aromatic heterocycles. The summed E-state index contributed by atoms with van der Waals surface area (Å²) in [6.07, 6.45) is 8.23. The van der Waals surface area contributed by atoms with Gasteiger partial charge < -0.3 is 10.6 Å². The van der Waals surface area contributed by atoms with Crippen LogP contribution < -0.4 is 10.6 Å². The molecule has 1 atom stereocenters. The third-order valence-corrected chi connectivity index (χ3v) is 4.21. The van der Waals surface area contributed by atoms with Crippen LogP contribution in [0.2, 0.25) is 0 Å². The third kappa shape index (κ3) is 6.31. The van der Waals surface area contributed by atoms with Crippen molar-refractivity contribution in [1.29, 1.82) is 0 Å². The predicted molar refractivity (Wildman–Crippen MR) is 104 cm³/mol. The number of aliphatic imine (C=N–C) groups is 1.